The van der Waals surface area contributed by atoms with Crippen LogP contribution in [0, 0.1) is 43.2 Å². The fourth-order valence-electron chi connectivity index (χ4n) is 12.2. The number of nitrogens with zero attached hydrogens (tertiary/aromatic N) is 4. The molecule has 0 saturated carbocycles. The molecule has 85 heavy (non-hydrogen) atoms. The molecule has 10 bridgehead atoms. The van der Waals surface area contributed by atoms with Gasteiger partial charge < -0.3 is 0 Å². The van der Waals surface area contributed by atoms with Crippen LogP contribution >= 0.6 is 0 Å². The summed E-state index contributed by atoms with van der Waals surface area (Å²) in [6.45, 7) is 2.18. The van der Waals surface area contributed by atoms with Gasteiger partial charge in [-0.2, -0.15) is 0 Å². The Labute approximate surface area is 503 Å². The van der Waals surface area contributed by atoms with Crippen LogP contribution in [0.25, 0.3) is 66.8 Å². The monoisotopic (exact) mass is 1260 g/mol. The zero-order valence-electron chi connectivity index (χ0n) is 46.0. The van der Waals surface area contributed by atoms with Crippen molar-refractivity contribution in [2.45, 2.75) is 6.92 Å². The van der Waals surface area contributed by atoms with Crippen molar-refractivity contribution in [1.82, 2.24) is 0 Å². The van der Waals surface area contributed by atoms with Crippen molar-refractivity contribution in [2.24, 2.45) is 0 Å². The van der Waals surface area contributed by atoms with Crippen molar-refractivity contribution >= 4 is 53.8 Å². The van der Waals surface area contributed by atoms with Gasteiger partial charge in [0, 0.05) is 0 Å². The van der Waals surface area contributed by atoms with Crippen molar-refractivity contribution in [2.75, 3.05) is 19.6 Å². The van der Waals surface area contributed by atoms with E-state index in [4.69, 9.17) is 11.2 Å². The van der Waals surface area contributed by atoms with Gasteiger partial charge in [0.15, 0.2) is 0 Å². The van der Waals surface area contributed by atoms with Crippen LogP contribution in [0.1, 0.15) is 22.3 Å². The molecule has 4 aliphatic rings. The Kier molecular flexibility index (Phi) is 12.1. The van der Waals surface area contributed by atoms with E-state index >= 15 is 0 Å². The molecule has 0 aliphatic carbocycles. The van der Waals surface area contributed by atoms with Gasteiger partial charge in [-0.3, -0.25) is 0 Å². The van der Waals surface area contributed by atoms with Crippen molar-refractivity contribution in [3.8, 4) is 102 Å². The Morgan fingerprint density at radius 2 is 0.753 bits per heavy atom. The number of aryl methyl sites for hydroxylation is 1. The third-order valence-electron chi connectivity index (χ3n) is 16.0. The molecule has 0 aromatic heterocycles. The first kappa shape index (κ1) is 50.0. The summed E-state index contributed by atoms with van der Waals surface area (Å²) in [5, 5.41) is 0. The van der Waals surface area contributed by atoms with Crippen LogP contribution in [-0.2, 0) is 17.6 Å². The van der Waals surface area contributed by atoms with Crippen molar-refractivity contribution in [3.63, 3.8) is 0 Å². The maximum absolute atomic E-state index is 6.88. The second-order valence-electron chi connectivity index (χ2n) is 21.4. The number of hydrogen-bond donors (Lipinski definition) is 0. The molecular weight excluding hydrogens is 1220 g/mol. The number of hydrogen-bond acceptors (Lipinski definition) is 5. The van der Waals surface area contributed by atoms with Crippen LogP contribution < -0.4 is 24.3 Å². The van der Waals surface area contributed by atoms with Gasteiger partial charge in [-0.05, 0) is 0 Å². The van der Waals surface area contributed by atoms with Gasteiger partial charge in [0.05, 0.1) is 0 Å². The second kappa shape index (κ2) is 20.6. The van der Waals surface area contributed by atoms with Crippen LogP contribution in [0.5, 0.6) is 11.5 Å². The summed E-state index contributed by atoms with van der Waals surface area (Å²) in [6, 6.07) is 104. The number of anilines is 8. The molecule has 6 heteroatoms. The Balaban J connectivity index is 1.14. The van der Waals surface area contributed by atoms with Gasteiger partial charge >= 0.3 is 506 Å². The van der Waals surface area contributed by atoms with Gasteiger partial charge in [-0.15, -0.1) is 0 Å². The van der Waals surface area contributed by atoms with E-state index in [0.29, 0.717) is 11.5 Å². The van der Waals surface area contributed by atoms with E-state index in [1.165, 1.54) is 5.56 Å². The molecule has 0 amide bonds. The molecule has 12 aromatic carbocycles. The molecule has 16 rings (SSSR count). The molecule has 0 saturated heterocycles. The molecule has 0 fully saturated rings. The molecule has 5 nitrogen and oxygen atoms in total. The van der Waals surface area contributed by atoms with Crippen LogP contribution in [0.3, 0.4) is 0 Å². The van der Waals surface area contributed by atoms with E-state index in [0.717, 1.165) is 137 Å². The molecule has 12 aromatic rings. The molecule has 402 valence electrons. The Morgan fingerprint density at radius 3 is 1.21 bits per heavy atom. The first-order valence-corrected chi connectivity index (χ1v) is 30.5. The summed E-state index contributed by atoms with van der Waals surface area (Å²) in [5.74, 6) is 11.5. The van der Waals surface area contributed by atoms with Gasteiger partial charge in [0.25, 0.3) is 0 Å². The predicted molar refractivity (Wildman–Crippen MR) is 346 cm³/mol. The van der Waals surface area contributed by atoms with E-state index < -0.39 is 17.6 Å². The van der Waals surface area contributed by atoms with Crippen molar-refractivity contribution in [1.29, 1.82) is 0 Å². The summed E-state index contributed by atoms with van der Waals surface area (Å²) in [4.78, 5) is 10.0. The van der Waals surface area contributed by atoms with Crippen LogP contribution in [-0.4, -0.2) is 8.29 Å². The summed E-state index contributed by atoms with van der Waals surface area (Å²) in [6.07, 6.45) is 6.31. The average molecular weight is 1260 g/mol. The number of fused-ring (bicyclic) bond motifs is 22. The van der Waals surface area contributed by atoms with Crippen molar-refractivity contribution < 1.29 is 22.4 Å². The van der Waals surface area contributed by atoms with E-state index in [2.05, 4.69) is 305 Å². The first-order chi connectivity index (χ1) is 42.0. The molecule has 0 spiro atoms. The molecular formula is C79H48N4OPt-2. The number of terminal acetylenes is 1. The summed E-state index contributed by atoms with van der Waals surface area (Å²) >= 11 is -1.40. The van der Waals surface area contributed by atoms with Crippen LogP contribution in [0.15, 0.2) is 267 Å². The molecule has 0 atom stereocenters. The second-order valence-corrected chi connectivity index (χ2v) is 24.0. The van der Waals surface area contributed by atoms with E-state index in [-0.39, 0.29) is 0 Å². The maximum atomic E-state index is 6.88. The number of ether oxygens (including phenoxy) is 1. The minimum absolute atomic E-state index is 0.587. The predicted octanol–water partition coefficient (Wildman–Crippen LogP) is 18.9. The third kappa shape index (κ3) is 8.72. The summed E-state index contributed by atoms with van der Waals surface area (Å²) < 4.78 is 9.05. The number of benzene rings is 12. The summed E-state index contributed by atoms with van der Waals surface area (Å²) in [7, 11) is 0. The van der Waals surface area contributed by atoms with E-state index in [1.54, 1.807) is 0 Å². The van der Waals surface area contributed by atoms with Gasteiger partial charge in [0.2, 0.25) is 0 Å². The number of para-hydroxylation sites is 4. The van der Waals surface area contributed by atoms with Crippen LogP contribution in [0.2, 0.25) is 0 Å². The molecule has 0 radical (unpaired) electrons. The molecule has 0 N–H and O–H groups in total. The standard InChI is InChI=1S/C79H48N4O.Pt/c1-3-55-21-15-29-61(43-55)71-47-65(59-26-8-5-9-27-59)49-73-63-31-17-23-57(45-63)41-40-56-22-16-30-62(44-56)72-48-64(58-24-6-4-7-25-58)46-70(60-28-14-20-54(2)42-60)78(72)82-52-80(74-36-10-12-38-76(74)82)66-32-18-34-68(50-66)84-69-35-19-33-67(51-69)81-53-83(79(71)73)77-39-13-11-37-75(77)81;/h1,4-39,42-49H,2H3;/q-2;. The Hall–Kier alpha value is -10.8. The first-order valence-electron chi connectivity index (χ1n) is 28.3. The van der Waals surface area contributed by atoms with E-state index in [1.807, 2.05) is 18.2 Å². The average Bonchev–Trinajstić information content (AvgIpc) is 1.88. The molecule has 4 heterocycles. The Morgan fingerprint density at radius 1 is 0.365 bits per heavy atom. The fourth-order valence-corrected chi connectivity index (χ4v) is 15.8. The van der Waals surface area contributed by atoms with Gasteiger partial charge in [-0.25, -0.2) is 0 Å². The van der Waals surface area contributed by atoms with Gasteiger partial charge in [-0.1, -0.05) is 0 Å². The molecule has 0 unspecified atom stereocenters. The topological polar surface area (TPSA) is 22.2 Å². The fraction of sp³-hybridized carbons (Fsp3) is 0.0127. The Bertz CT molecular complexity index is 4920. The minimum atomic E-state index is -1.40. The zero-order chi connectivity index (χ0) is 56.5. The molecule has 4 aliphatic heterocycles. The number of rotatable bonds is 4. The quantitative estimate of drug-likeness (QED) is 0.129. The summed E-state index contributed by atoms with van der Waals surface area (Å²) in [5.41, 5.74) is 24.5. The normalized spacial score (nSPS) is 13.2. The van der Waals surface area contributed by atoms with Crippen LogP contribution in [0.4, 0.5) is 45.5 Å². The van der Waals surface area contributed by atoms with E-state index in [9.17, 15) is 0 Å². The third-order valence-corrected chi connectivity index (χ3v) is 19.1. The zero-order valence-corrected chi connectivity index (χ0v) is 48.3. The van der Waals surface area contributed by atoms with Crippen molar-refractivity contribution in [3.05, 3.63) is 301 Å². The SMILES string of the molecule is C#Cc1cccc(-c2cc(-c3ccccc3)cc3c2N2[C]4=[Pt]=[C]5N(c6[c-]c(ccc6)Oc6[c-]c(ccc6)N4c4ccccc42)c2ccccc2N5c2c(-c4cccc(C)c4)cc(-c4ccccc4)cc2-c2cccc(c2)C#Cc2cccc-3c2)c1. The van der Waals surface area contributed by atoms with Gasteiger partial charge in [0.1, 0.15) is 0 Å².